The zero-order chi connectivity index (χ0) is 19.1. The molecule has 0 aliphatic carbocycles. The second-order valence-electron chi connectivity index (χ2n) is 8.09. The first-order chi connectivity index (χ1) is 13.7. The molecule has 2 aliphatic heterocycles. The van der Waals surface area contributed by atoms with Crippen LogP contribution in [0, 0.1) is 0 Å². The van der Waals surface area contributed by atoms with Crippen molar-refractivity contribution >= 4 is 21.8 Å². The number of rotatable bonds is 4. The van der Waals surface area contributed by atoms with Crippen LogP contribution in [0.4, 0.5) is 0 Å². The minimum atomic E-state index is -0.274. The van der Waals surface area contributed by atoms with Gasteiger partial charge < -0.3 is 14.4 Å². The molecule has 0 unspecified atom stereocenters. The maximum Gasteiger partial charge on any atom is 0.0834 e. The molecule has 2 atom stereocenters. The van der Waals surface area contributed by atoms with Crippen molar-refractivity contribution in [3.05, 3.63) is 48.0 Å². The average molecular weight is 380 g/mol. The van der Waals surface area contributed by atoms with Crippen molar-refractivity contribution in [1.29, 1.82) is 0 Å². The lowest BCUT2D eigenvalue weighted by atomic mass is 10.1. The molecule has 5 heteroatoms. The summed E-state index contributed by atoms with van der Waals surface area (Å²) < 4.78 is 7.86. The Kier molecular flexibility index (Phi) is 4.85. The SMILES string of the molecule is CCn1c2ccccc2c2cc(CN3C[C@H](O)[C@@H](N4CCOCC4)C3)ccc21. The normalized spacial score (nSPS) is 24.5. The maximum atomic E-state index is 10.6. The van der Waals surface area contributed by atoms with Gasteiger partial charge in [-0.25, -0.2) is 0 Å². The smallest absolute Gasteiger partial charge is 0.0834 e. The van der Waals surface area contributed by atoms with Crippen molar-refractivity contribution in [2.24, 2.45) is 0 Å². The van der Waals surface area contributed by atoms with E-state index in [4.69, 9.17) is 4.74 Å². The van der Waals surface area contributed by atoms with Crippen LogP contribution in [0.15, 0.2) is 42.5 Å². The number of hydrogen-bond donors (Lipinski definition) is 1. The molecule has 2 aromatic carbocycles. The van der Waals surface area contributed by atoms with Crippen LogP contribution < -0.4 is 0 Å². The number of para-hydroxylation sites is 1. The highest BCUT2D eigenvalue weighted by molar-refractivity contribution is 6.08. The van der Waals surface area contributed by atoms with Gasteiger partial charge in [0.15, 0.2) is 0 Å². The van der Waals surface area contributed by atoms with E-state index in [-0.39, 0.29) is 12.1 Å². The molecule has 0 saturated carbocycles. The Bertz CT molecular complexity index is 977. The number of aliphatic hydroxyl groups excluding tert-OH is 1. The van der Waals surface area contributed by atoms with Gasteiger partial charge in [-0.15, -0.1) is 0 Å². The lowest BCUT2D eigenvalue weighted by Gasteiger charge is -2.33. The first-order valence-electron chi connectivity index (χ1n) is 10.5. The largest absolute Gasteiger partial charge is 0.390 e. The van der Waals surface area contributed by atoms with Crippen LogP contribution in [-0.2, 0) is 17.8 Å². The summed E-state index contributed by atoms with van der Waals surface area (Å²) in [5.41, 5.74) is 3.93. The van der Waals surface area contributed by atoms with Crippen LogP contribution in [0.1, 0.15) is 12.5 Å². The molecule has 2 saturated heterocycles. The molecular weight excluding hydrogens is 350 g/mol. The van der Waals surface area contributed by atoms with Crippen molar-refractivity contribution in [2.75, 3.05) is 39.4 Å². The number of aromatic nitrogens is 1. The minimum Gasteiger partial charge on any atom is -0.390 e. The summed E-state index contributed by atoms with van der Waals surface area (Å²) in [6.07, 6.45) is -0.274. The van der Waals surface area contributed by atoms with Gasteiger partial charge in [0.05, 0.1) is 19.3 Å². The highest BCUT2D eigenvalue weighted by atomic mass is 16.5. The summed E-state index contributed by atoms with van der Waals surface area (Å²) >= 11 is 0. The number of nitrogens with zero attached hydrogens (tertiary/aromatic N) is 3. The fraction of sp³-hybridized carbons (Fsp3) is 0.478. The van der Waals surface area contributed by atoms with Crippen molar-refractivity contribution < 1.29 is 9.84 Å². The van der Waals surface area contributed by atoms with Crippen molar-refractivity contribution in [2.45, 2.75) is 32.2 Å². The second-order valence-corrected chi connectivity index (χ2v) is 8.09. The van der Waals surface area contributed by atoms with E-state index < -0.39 is 0 Å². The molecule has 5 rings (SSSR count). The number of aliphatic hydroxyl groups is 1. The number of benzene rings is 2. The van der Waals surface area contributed by atoms with E-state index in [1.165, 1.54) is 27.4 Å². The number of β-amino-alcohol motifs (C(OH)–C–C–N with tert-alkyl or cyclic N) is 1. The monoisotopic (exact) mass is 379 g/mol. The molecule has 1 aromatic heterocycles. The Balaban J connectivity index is 1.39. The molecule has 3 heterocycles. The molecule has 2 aliphatic rings. The summed E-state index contributed by atoms with van der Waals surface area (Å²) in [4.78, 5) is 4.79. The molecule has 0 bridgehead atoms. The Labute approximate surface area is 166 Å². The van der Waals surface area contributed by atoms with Gasteiger partial charge in [-0.05, 0) is 30.7 Å². The molecule has 148 valence electrons. The van der Waals surface area contributed by atoms with Crippen LogP contribution in [0.25, 0.3) is 21.8 Å². The Morgan fingerprint density at radius 1 is 1.00 bits per heavy atom. The summed E-state index contributed by atoms with van der Waals surface area (Å²) in [6.45, 7) is 9.16. The standard InChI is InChI=1S/C23H29N3O2/c1-2-26-20-6-4-3-5-18(20)19-13-17(7-8-21(19)26)14-24-15-22(23(27)16-24)25-9-11-28-12-10-25/h3-8,13,22-23,27H,2,9-12,14-16H2,1H3/t22-,23-/m0/s1. The first kappa shape index (κ1) is 18.1. The van der Waals surface area contributed by atoms with E-state index in [0.29, 0.717) is 0 Å². The van der Waals surface area contributed by atoms with Crippen LogP contribution in [0.2, 0.25) is 0 Å². The lowest BCUT2D eigenvalue weighted by molar-refractivity contribution is -0.00618. The van der Waals surface area contributed by atoms with E-state index in [9.17, 15) is 5.11 Å². The molecule has 0 radical (unpaired) electrons. The van der Waals surface area contributed by atoms with E-state index >= 15 is 0 Å². The molecule has 3 aromatic rings. The van der Waals surface area contributed by atoms with E-state index in [1.807, 2.05) is 0 Å². The molecule has 5 nitrogen and oxygen atoms in total. The van der Waals surface area contributed by atoms with Crippen molar-refractivity contribution in [3.63, 3.8) is 0 Å². The number of morpholine rings is 1. The Morgan fingerprint density at radius 2 is 1.79 bits per heavy atom. The predicted molar refractivity (Wildman–Crippen MR) is 113 cm³/mol. The third-order valence-corrected chi connectivity index (χ3v) is 6.41. The third-order valence-electron chi connectivity index (χ3n) is 6.41. The molecule has 28 heavy (non-hydrogen) atoms. The predicted octanol–water partition coefficient (Wildman–Crippen LogP) is 2.69. The fourth-order valence-corrected chi connectivity index (χ4v) is 5.04. The molecule has 1 N–H and O–H groups in total. The average Bonchev–Trinajstić information content (AvgIpc) is 3.25. The molecule has 0 amide bonds. The Hall–Kier alpha value is -1.92. The summed E-state index contributed by atoms with van der Waals surface area (Å²) in [6, 6.07) is 15.8. The Morgan fingerprint density at radius 3 is 2.61 bits per heavy atom. The number of likely N-dealkylation sites (tertiary alicyclic amines) is 1. The maximum absolute atomic E-state index is 10.6. The zero-order valence-corrected chi connectivity index (χ0v) is 16.6. The van der Waals surface area contributed by atoms with Crippen LogP contribution in [0.3, 0.4) is 0 Å². The van der Waals surface area contributed by atoms with Gasteiger partial charge in [-0.3, -0.25) is 9.80 Å². The zero-order valence-electron chi connectivity index (χ0n) is 16.6. The number of ether oxygens (including phenoxy) is 1. The second kappa shape index (κ2) is 7.48. The van der Waals surface area contributed by atoms with E-state index in [1.54, 1.807) is 0 Å². The van der Waals surface area contributed by atoms with Gasteiger partial charge in [0, 0.05) is 67.1 Å². The minimum absolute atomic E-state index is 0.231. The van der Waals surface area contributed by atoms with E-state index in [0.717, 1.165) is 52.5 Å². The first-order valence-corrected chi connectivity index (χ1v) is 10.5. The van der Waals surface area contributed by atoms with Crippen LogP contribution in [-0.4, -0.2) is 71.0 Å². The number of aryl methyl sites for hydroxylation is 1. The van der Waals surface area contributed by atoms with Gasteiger partial charge in [0.2, 0.25) is 0 Å². The summed E-state index contributed by atoms with van der Waals surface area (Å²) in [5.74, 6) is 0. The molecular formula is C23H29N3O2. The lowest BCUT2D eigenvalue weighted by Crippen LogP contribution is -2.48. The van der Waals surface area contributed by atoms with Gasteiger partial charge in [-0.2, -0.15) is 0 Å². The van der Waals surface area contributed by atoms with Crippen LogP contribution in [0.5, 0.6) is 0 Å². The van der Waals surface area contributed by atoms with Gasteiger partial charge in [0.25, 0.3) is 0 Å². The van der Waals surface area contributed by atoms with E-state index in [2.05, 4.69) is 63.8 Å². The van der Waals surface area contributed by atoms with Crippen molar-refractivity contribution in [1.82, 2.24) is 14.4 Å². The molecule has 2 fully saturated rings. The fourth-order valence-electron chi connectivity index (χ4n) is 5.04. The highest BCUT2D eigenvalue weighted by Gasteiger charge is 2.35. The van der Waals surface area contributed by atoms with Crippen molar-refractivity contribution in [3.8, 4) is 0 Å². The van der Waals surface area contributed by atoms with Gasteiger partial charge in [-0.1, -0.05) is 24.3 Å². The quantitative estimate of drug-likeness (QED) is 0.757. The number of fused-ring (bicyclic) bond motifs is 3. The summed E-state index contributed by atoms with van der Waals surface area (Å²) in [5, 5.41) is 13.3. The summed E-state index contributed by atoms with van der Waals surface area (Å²) in [7, 11) is 0. The van der Waals surface area contributed by atoms with Gasteiger partial charge in [0.1, 0.15) is 0 Å². The highest BCUT2D eigenvalue weighted by Crippen LogP contribution is 2.30. The third kappa shape index (κ3) is 3.12. The molecule has 0 spiro atoms. The number of hydrogen-bond acceptors (Lipinski definition) is 4. The van der Waals surface area contributed by atoms with Crippen LogP contribution >= 0.6 is 0 Å². The van der Waals surface area contributed by atoms with Gasteiger partial charge >= 0.3 is 0 Å². The topological polar surface area (TPSA) is 40.9 Å².